The van der Waals surface area contributed by atoms with Crippen molar-refractivity contribution in [3.05, 3.63) is 28.8 Å². The highest BCUT2D eigenvalue weighted by molar-refractivity contribution is 7.89. The van der Waals surface area contributed by atoms with Crippen molar-refractivity contribution in [2.75, 3.05) is 19.6 Å². The molecule has 1 unspecified atom stereocenters. The van der Waals surface area contributed by atoms with Crippen LogP contribution in [0.5, 0.6) is 0 Å². The van der Waals surface area contributed by atoms with E-state index in [2.05, 4.69) is 0 Å². The average molecular weight is 393 g/mol. The lowest BCUT2D eigenvalue weighted by atomic mass is 9.90. The van der Waals surface area contributed by atoms with Crippen molar-refractivity contribution in [3.8, 4) is 0 Å². The van der Waals surface area contributed by atoms with Gasteiger partial charge in [0.05, 0.1) is 10.6 Å². The van der Waals surface area contributed by atoms with Crippen molar-refractivity contribution in [1.82, 2.24) is 4.31 Å². The minimum absolute atomic E-state index is 0. The number of sulfonamides is 1. The summed E-state index contributed by atoms with van der Waals surface area (Å²) in [5, 5.41) is -0.227. The Bertz CT molecular complexity index is 682. The van der Waals surface area contributed by atoms with Crippen LogP contribution in [0.1, 0.15) is 18.9 Å². The molecule has 0 aliphatic carbocycles. The van der Waals surface area contributed by atoms with E-state index in [0.717, 1.165) is 16.4 Å². The number of hydrogen-bond donors (Lipinski definition) is 1. The van der Waals surface area contributed by atoms with E-state index in [-0.39, 0.29) is 35.9 Å². The van der Waals surface area contributed by atoms with Crippen molar-refractivity contribution in [2.24, 2.45) is 11.1 Å². The standard InChI is InChI=1S/C13H16ClF3N2O2S.ClH/c1-12(7-18)4-5-19(8-12)22(20,21)11-6-9(13(15,16)17)2-3-10(11)14;/h2-3,6H,4-5,7-8,18H2,1H3;1H. The molecule has 2 rings (SSSR count). The van der Waals surface area contributed by atoms with Crippen LogP contribution in [0.15, 0.2) is 23.1 Å². The monoisotopic (exact) mass is 392 g/mol. The minimum atomic E-state index is -4.63. The van der Waals surface area contributed by atoms with E-state index in [0.29, 0.717) is 19.0 Å². The molecule has 4 nitrogen and oxygen atoms in total. The Morgan fingerprint density at radius 3 is 2.48 bits per heavy atom. The first-order valence-electron chi connectivity index (χ1n) is 6.57. The molecule has 1 aromatic carbocycles. The third-order valence-electron chi connectivity index (χ3n) is 3.89. The van der Waals surface area contributed by atoms with Crippen LogP contribution in [-0.2, 0) is 16.2 Å². The molecule has 132 valence electrons. The molecule has 0 saturated carbocycles. The number of nitrogens with zero attached hydrogens (tertiary/aromatic N) is 1. The van der Waals surface area contributed by atoms with Crippen LogP contribution in [0.2, 0.25) is 5.02 Å². The van der Waals surface area contributed by atoms with E-state index in [1.807, 2.05) is 6.92 Å². The Morgan fingerprint density at radius 1 is 1.39 bits per heavy atom. The Hall–Kier alpha value is -0.540. The maximum Gasteiger partial charge on any atom is 0.416 e. The molecule has 0 spiro atoms. The van der Waals surface area contributed by atoms with E-state index in [4.69, 9.17) is 17.3 Å². The normalized spacial score (nSPS) is 22.9. The number of halogens is 5. The topological polar surface area (TPSA) is 63.4 Å². The van der Waals surface area contributed by atoms with Gasteiger partial charge in [-0.25, -0.2) is 8.42 Å². The maximum absolute atomic E-state index is 12.8. The molecule has 1 aliphatic rings. The Kier molecular flexibility index (Phi) is 6.02. The lowest BCUT2D eigenvalue weighted by Gasteiger charge is -2.23. The molecule has 1 heterocycles. The van der Waals surface area contributed by atoms with Crippen LogP contribution in [0.4, 0.5) is 13.2 Å². The fraction of sp³-hybridized carbons (Fsp3) is 0.538. The molecule has 0 radical (unpaired) electrons. The average Bonchev–Trinajstić information content (AvgIpc) is 2.82. The number of nitrogens with two attached hydrogens (primary N) is 1. The van der Waals surface area contributed by atoms with Crippen LogP contribution >= 0.6 is 24.0 Å². The Morgan fingerprint density at radius 2 is 2.00 bits per heavy atom. The fourth-order valence-electron chi connectivity index (χ4n) is 2.37. The molecular formula is C13H17Cl2F3N2O2S. The quantitative estimate of drug-likeness (QED) is 0.858. The molecule has 0 bridgehead atoms. The Labute approximate surface area is 144 Å². The van der Waals surface area contributed by atoms with Gasteiger partial charge in [-0.2, -0.15) is 17.5 Å². The first kappa shape index (κ1) is 20.5. The second-order valence-corrected chi connectivity index (χ2v) is 8.06. The van der Waals surface area contributed by atoms with Crippen LogP contribution in [0.25, 0.3) is 0 Å². The number of alkyl halides is 3. The van der Waals surface area contributed by atoms with Gasteiger partial charge in [0.1, 0.15) is 4.90 Å². The van der Waals surface area contributed by atoms with Crippen LogP contribution in [0, 0.1) is 5.41 Å². The van der Waals surface area contributed by atoms with Crippen molar-refractivity contribution < 1.29 is 21.6 Å². The van der Waals surface area contributed by atoms with Gasteiger partial charge in [-0.3, -0.25) is 0 Å². The summed E-state index contributed by atoms with van der Waals surface area (Å²) < 4.78 is 64.6. The Balaban J connectivity index is 0.00000264. The number of benzene rings is 1. The second kappa shape index (κ2) is 6.76. The van der Waals surface area contributed by atoms with Gasteiger partial charge in [-0.1, -0.05) is 18.5 Å². The van der Waals surface area contributed by atoms with Gasteiger partial charge in [-0.15, -0.1) is 12.4 Å². The third-order valence-corrected chi connectivity index (χ3v) is 6.22. The summed E-state index contributed by atoms with van der Waals surface area (Å²) in [4.78, 5) is -0.523. The summed E-state index contributed by atoms with van der Waals surface area (Å²) >= 11 is 5.82. The van der Waals surface area contributed by atoms with Crippen molar-refractivity contribution in [2.45, 2.75) is 24.4 Å². The van der Waals surface area contributed by atoms with E-state index in [9.17, 15) is 21.6 Å². The maximum atomic E-state index is 12.8. The number of rotatable bonds is 3. The zero-order chi connectivity index (χ0) is 16.8. The van der Waals surface area contributed by atoms with Crippen LogP contribution in [0.3, 0.4) is 0 Å². The highest BCUT2D eigenvalue weighted by Gasteiger charge is 2.40. The summed E-state index contributed by atoms with van der Waals surface area (Å²) in [6.45, 7) is 2.52. The molecule has 1 atom stereocenters. The van der Waals surface area contributed by atoms with E-state index >= 15 is 0 Å². The summed E-state index contributed by atoms with van der Waals surface area (Å²) in [6, 6.07) is 2.29. The van der Waals surface area contributed by atoms with E-state index in [1.54, 1.807) is 0 Å². The van der Waals surface area contributed by atoms with E-state index in [1.165, 1.54) is 0 Å². The number of hydrogen-bond acceptors (Lipinski definition) is 3. The van der Waals surface area contributed by atoms with E-state index < -0.39 is 26.7 Å². The van der Waals surface area contributed by atoms with Gasteiger partial charge >= 0.3 is 6.18 Å². The lowest BCUT2D eigenvalue weighted by Crippen LogP contribution is -2.34. The molecule has 10 heteroatoms. The van der Waals surface area contributed by atoms with Gasteiger partial charge in [0.2, 0.25) is 10.0 Å². The molecular weight excluding hydrogens is 376 g/mol. The summed E-state index contributed by atoms with van der Waals surface area (Å²) in [7, 11) is -4.09. The molecule has 23 heavy (non-hydrogen) atoms. The lowest BCUT2D eigenvalue weighted by molar-refractivity contribution is -0.137. The molecule has 0 amide bonds. The third kappa shape index (κ3) is 4.11. The summed E-state index contributed by atoms with van der Waals surface area (Å²) in [6.07, 6.45) is -4.08. The van der Waals surface area contributed by atoms with Gasteiger partial charge in [0.15, 0.2) is 0 Å². The van der Waals surface area contributed by atoms with Crippen LogP contribution in [-0.4, -0.2) is 32.4 Å². The molecule has 2 N–H and O–H groups in total. The molecule has 1 saturated heterocycles. The SMILES string of the molecule is CC1(CN)CCN(S(=O)(=O)c2cc(C(F)(F)F)ccc2Cl)C1.Cl. The predicted molar refractivity (Wildman–Crippen MR) is 84.2 cm³/mol. The zero-order valence-electron chi connectivity index (χ0n) is 12.2. The van der Waals surface area contributed by atoms with Gasteiger partial charge in [0.25, 0.3) is 0 Å². The highest BCUT2D eigenvalue weighted by Crippen LogP contribution is 2.37. The van der Waals surface area contributed by atoms with Crippen molar-refractivity contribution >= 4 is 34.0 Å². The van der Waals surface area contributed by atoms with Crippen molar-refractivity contribution in [1.29, 1.82) is 0 Å². The highest BCUT2D eigenvalue weighted by atomic mass is 35.5. The second-order valence-electron chi connectivity index (χ2n) is 5.75. The smallest absolute Gasteiger partial charge is 0.330 e. The predicted octanol–water partition coefficient (Wildman–Crippen LogP) is 3.14. The van der Waals surface area contributed by atoms with Gasteiger partial charge in [0, 0.05) is 13.1 Å². The van der Waals surface area contributed by atoms with Gasteiger partial charge < -0.3 is 5.73 Å². The summed E-state index contributed by atoms with van der Waals surface area (Å²) in [5.74, 6) is 0. The van der Waals surface area contributed by atoms with Crippen LogP contribution < -0.4 is 5.73 Å². The fourth-order valence-corrected chi connectivity index (χ4v) is 4.46. The first-order chi connectivity index (χ1) is 9.99. The van der Waals surface area contributed by atoms with Gasteiger partial charge in [-0.05, 0) is 36.6 Å². The molecule has 1 aliphatic heterocycles. The largest absolute Gasteiger partial charge is 0.416 e. The minimum Gasteiger partial charge on any atom is -0.330 e. The molecule has 1 aromatic rings. The van der Waals surface area contributed by atoms with Crippen molar-refractivity contribution in [3.63, 3.8) is 0 Å². The molecule has 1 fully saturated rings. The molecule has 0 aromatic heterocycles. The first-order valence-corrected chi connectivity index (χ1v) is 8.38. The summed E-state index contributed by atoms with van der Waals surface area (Å²) in [5.41, 5.74) is 4.21. The zero-order valence-corrected chi connectivity index (χ0v) is 14.6.